The van der Waals surface area contributed by atoms with Crippen molar-refractivity contribution in [2.24, 2.45) is 0 Å². The first-order valence-electron chi connectivity index (χ1n) is 8.10. The largest absolute Gasteiger partial charge is 0.508 e. The molecule has 7 heteroatoms. The molecule has 1 heterocycles. The summed E-state index contributed by atoms with van der Waals surface area (Å²) in [6.45, 7) is 1.30. The zero-order chi connectivity index (χ0) is 18.0. The van der Waals surface area contributed by atoms with E-state index in [1.54, 1.807) is 19.2 Å². The molecule has 1 atom stereocenters. The second kappa shape index (κ2) is 7.03. The molecule has 1 aliphatic heterocycles. The molecule has 25 heavy (non-hydrogen) atoms. The van der Waals surface area contributed by atoms with Crippen LogP contribution >= 0.6 is 0 Å². The molecule has 6 nitrogen and oxygen atoms in total. The van der Waals surface area contributed by atoms with Gasteiger partial charge in [0.1, 0.15) is 5.75 Å². The number of sulfonamides is 1. The third-order valence-corrected chi connectivity index (χ3v) is 6.23. The van der Waals surface area contributed by atoms with Crippen molar-refractivity contribution >= 4 is 15.7 Å². The summed E-state index contributed by atoms with van der Waals surface area (Å²) >= 11 is 0. The Balaban J connectivity index is 2.15. The predicted octanol–water partition coefficient (Wildman–Crippen LogP) is 2.25. The van der Waals surface area contributed by atoms with Gasteiger partial charge >= 0.3 is 0 Å². The van der Waals surface area contributed by atoms with E-state index in [0.29, 0.717) is 24.4 Å². The van der Waals surface area contributed by atoms with Gasteiger partial charge in [-0.15, -0.1) is 0 Å². The molecular weight excluding hydrogens is 340 g/mol. The van der Waals surface area contributed by atoms with Gasteiger partial charge in [0.05, 0.1) is 16.6 Å². The highest BCUT2D eigenvalue weighted by Crippen LogP contribution is 2.40. The van der Waals surface area contributed by atoms with Crippen molar-refractivity contribution in [2.75, 3.05) is 31.6 Å². The Bertz CT molecular complexity index is 867. The normalized spacial score (nSPS) is 18.3. The lowest BCUT2D eigenvalue weighted by atomic mass is 9.96. The summed E-state index contributed by atoms with van der Waals surface area (Å²) in [7, 11) is -0.562. The van der Waals surface area contributed by atoms with Crippen molar-refractivity contribution in [3.63, 3.8) is 0 Å². The highest BCUT2D eigenvalue weighted by atomic mass is 32.2. The Morgan fingerprint density at radius 1 is 1.20 bits per heavy atom. The molecular formula is C18H22N2O4S. The van der Waals surface area contributed by atoms with Gasteiger partial charge in [-0.05, 0) is 36.2 Å². The number of phenols is 1. The quantitative estimate of drug-likeness (QED) is 0.798. The summed E-state index contributed by atoms with van der Waals surface area (Å²) < 4.78 is 32.4. The fraction of sp³-hybridized carbons (Fsp3) is 0.333. The van der Waals surface area contributed by atoms with E-state index >= 15 is 0 Å². The number of phenolic OH excluding ortho intramolecular Hbond substituents is 1. The lowest BCUT2D eigenvalue weighted by molar-refractivity contribution is 0.193. The molecule has 2 aromatic rings. The lowest BCUT2D eigenvalue weighted by Crippen LogP contribution is -2.26. The first-order valence-corrected chi connectivity index (χ1v) is 9.54. The van der Waals surface area contributed by atoms with Crippen molar-refractivity contribution in [3.05, 3.63) is 53.6 Å². The molecule has 0 bridgehead atoms. The molecule has 1 unspecified atom stereocenters. The Hall–Kier alpha value is -2.09. The SMILES string of the molecule is COCCCNC1c2ccccc2N(C)S(=O)(=O)c2cc(O)ccc21. The van der Waals surface area contributed by atoms with Crippen LogP contribution in [0.15, 0.2) is 47.4 Å². The number of fused-ring (bicyclic) bond motifs is 2. The molecule has 0 saturated carbocycles. The van der Waals surface area contributed by atoms with Crippen LogP contribution in [-0.4, -0.2) is 40.8 Å². The summed E-state index contributed by atoms with van der Waals surface area (Å²) in [6.07, 6.45) is 0.811. The van der Waals surface area contributed by atoms with E-state index in [2.05, 4.69) is 5.32 Å². The van der Waals surface area contributed by atoms with Gasteiger partial charge in [0, 0.05) is 26.8 Å². The van der Waals surface area contributed by atoms with Crippen LogP contribution in [0.1, 0.15) is 23.6 Å². The van der Waals surface area contributed by atoms with Crippen LogP contribution in [0.3, 0.4) is 0 Å². The van der Waals surface area contributed by atoms with Crippen molar-refractivity contribution < 1.29 is 18.3 Å². The average molecular weight is 362 g/mol. The van der Waals surface area contributed by atoms with Crippen molar-refractivity contribution in [1.82, 2.24) is 5.32 Å². The van der Waals surface area contributed by atoms with Gasteiger partial charge < -0.3 is 15.2 Å². The molecule has 1 aliphatic rings. The molecule has 0 saturated heterocycles. The number of para-hydroxylation sites is 1. The zero-order valence-electron chi connectivity index (χ0n) is 14.3. The number of hydrogen-bond donors (Lipinski definition) is 2. The highest BCUT2D eigenvalue weighted by Gasteiger charge is 2.34. The van der Waals surface area contributed by atoms with E-state index in [1.807, 2.05) is 18.2 Å². The third-order valence-electron chi connectivity index (χ3n) is 4.41. The molecule has 2 aromatic carbocycles. The van der Waals surface area contributed by atoms with Crippen molar-refractivity contribution in [2.45, 2.75) is 17.4 Å². The van der Waals surface area contributed by atoms with E-state index in [9.17, 15) is 13.5 Å². The van der Waals surface area contributed by atoms with Gasteiger partial charge in [0.2, 0.25) is 0 Å². The number of benzene rings is 2. The van der Waals surface area contributed by atoms with Crippen LogP contribution in [-0.2, 0) is 14.8 Å². The Kier molecular flexibility index (Phi) is 4.99. The summed E-state index contributed by atoms with van der Waals surface area (Å²) in [5.41, 5.74) is 2.14. The molecule has 0 aromatic heterocycles. The van der Waals surface area contributed by atoms with E-state index in [0.717, 1.165) is 12.0 Å². The van der Waals surface area contributed by atoms with Gasteiger partial charge in [0.15, 0.2) is 0 Å². The minimum absolute atomic E-state index is 0.0696. The van der Waals surface area contributed by atoms with Crippen LogP contribution < -0.4 is 9.62 Å². The molecule has 2 N–H and O–H groups in total. The van der Waals surface area contributed by atoms with E-state index < -0.39 is 10.0 Å². The van der Waals surface area contributed by atoms with E-state index in [-0.39, 0.29) is 16.7 Å². The number of nitrogens with zero attached hydrogens (tertiary/aromatic N) is 1. The van der Waals surface area contributed by atoms with Gasteiger partial charge in [-0.1, -0.05) is 24.3 Å². The zero-order valence-corrected chi connectivity index (χ0v) is 15.1. The van der Waals surface area contributed by atoms with Crippen LogP contribution in [0.25, 0.3) is 0 Å². The third kappa shape index (κ3) is 3.22. The van der Waals surface area contributed by atoms with Gasteiger partial charge in [-0.2, -0.15) is 0 Å². The molecule has 0 amide bonds. The number of hydrogen-bond acceptors (Lipinski definition) is 5. The molecule has 0 spiro atoms. The van der Waals surface area contributed by atoms with Crippen molar-refractivity contribution in [1.29, 1.82) is 0 Å². The lowest BCUT2D eigenvalue weighted by Gasteiger charge is -2.22. The summed E-state index contributed by atoms with van der Waals surface area (Å²) in [5, 5.41) is 13.3. The number of aromatic hydroxyl groups is 1. The Morgan fingerprint density at radius 3 is 2.72 bits per heavy atom. The first-order chi connectivity index (χ1) is 12.0. The predicted molar refractivity (Wildman–Crippen MR) is 96.5 cm³/mol. The maximum atomic E-state index is 13.0. The van der Waals surface area contributed by atoms with Gasteiger partial charge in [0.25, 0.3) is 10.0 Å². The number of nitrogens with one attached hydrogen (secondary N) is 1. The molecule has 134 valence electrons. The first kappa shape index (κ1) is 17.7. The topological polar surface area (TPSA) is 78.9 Å². The number of rotatable bonds is 5. The van der Waals surface area contributed by atoms with Crippen molar-refractivity contribution in [3.8, 4) is 5.75 Å². The molecule has 0 aliphatic carbocycles. The number of anilines is 1. The fourth-order valence-corrected chi connectivity index (χ4v) is 4.60. The second-order valence-corrected chi connectivity index (χ2v) is 7.92. The Labute approximate surface area is 148 Å². The monoisotopic (exact) mass is 362 g/mol. The van der Waals surface area contributed by atoms with Crippen LogP contribution in [0.5, 0.6) is 5.75 Å². The maximum absolute atomic E-state index is 13.0. The summed E-state index contributed by atoms with van der Waals surface area (Å²) in [5.74, 6) is -0.0696. The summed E-state index contributed by atoms with van der Waals surface area (Å²) in [6, 6.07) is 11.7. The van der Waals surface area contributed by atoms with Gasteiger partial charge in [-0.25, -0.2) is 8.42 Å². The van der Waals surface area contributed by atoms with Crippen LogP contribution in [0, 0.1) is 0 Å². The minimum Gasteiger partial charge on any atom is -0.508 e. The second-order valence-electron chi connectivity index (χ2n) is 5.99. The molecule has 0 radical (unpaired) electrons. The average Bonchev–Trinajstić information content (AvgIpc) is 2.67. The highest BCUT2D eigenvalue weighted by molar-refractivity contribution is 7.92. The van der Waals surface area contributed by atoms with Crippen LogP contribution in [0.2, 0.25) is 0 Å². The standard InChI is InChI=1S/C18H22N2O4S/c1-20-16-7-4-3-6-14(16)18(19-10-5-11-24-2)15-9-8-13(21)12-17(15)25(20,22)23/h3-4,6-9,12,18-19,21H,5,10-11H2,1-2H3. The Morgan fingerprint density at radius 2 is 1.96 bits per heavy atom. The number of methoxy groups -OCH3 is 1. The number of ether oxygens (including phenoxy) is 1. The smallest absolute Gasteiger partial charge is 0.264 e. The van der Waals surface area contributed by atoms with Crippen LogP contribution in [0.4, 0.5) is 5.69 Å². The van der Waals surface area contributed by atoms with E-state index in [1.165, 1.54) is 23.5 Å². The molecule has 0 fully saturated rings. The van der Waals surface area contributed by atoms with Gasteiger partial charge in [-0.3, -0.25) is 4.31 Å². The molecule has 3 rings (SSSR count). The fourth-order valence-electron chi connectivity index (χ4n) is 3.13. The summed E-state index contributed by atoms with van der Waals surface area (Å²) in [4.78, 5) is 0.121. The minimum atomic E-state index is -3.75. The maximum Gasteiger partial charge on any atom is 0.264 e. The van der Waals surface area contributed by atoms with E-state index in [4.69, 9.17) is 4.74 Å².